The molecule has 0 atom stereocenters. The van der Waals surface area contributed by atoms with Gasteiger partial charge in [0.1, 0.15) is 18.0 Å². The molecule has 1 saturated carbocycles. The van der Waals surface area contributed by atoms with Crippen LogP contribution in [0.4, 0.5) is 11.6 Å². The summed E-state index contributed by atoms with van der Waals surface area (Å²) < 4.78 is 0. The number of nitrogens with one attached hydrogen (secondary N) is 1. The number of rotatable bonds is 3. The molecule has 26 heavy (non-hydrogen) atoms. The van der Waals surface area contributed by atoms with Gasteiger partial charge in [-0.25, -0.2) is 9.97 Å². The minimum absolute atomic E-state index is 0.165. The van der Waals surface area contributed by atoms with Gasteiger partial charge in [-0.1, -0.05) is 0 Å². The van der Waals surface area contributed by atoms with Crippen molar-refractivity contribution >= 4 is 11.6 Å². The molecule has 4 heterocycles. The van der Waals surface area contributed by atoms with Gasteiger partial charge in [-0.05, 0) is 37.7 Å². The van der Waals surface area contributed by atoms with Crippen LogP contribution in [0.15, 0.2) is 12.4 Å². The van der Waals surface area contributed by atoms with Crippen molar-refractivity contribution in [2.24, 2.45) is 0 Å². The molecule has 2 aromatic rings. The van der Waals surface area contributed by atoms with Crippen LogP contribution in [0.5, 0.6) is 0 Å². The van der Waals surface area contributed by atoms with E-state index >= 15 is 0 Å². The third-order valence-electron chi connectivity index (χ3n) is 5.96. The molecule has 0 spiro atoms. The number of aromatic amines is 1. The summed E-state index contributed by atoms with van der Waals surface area (Å²) in [6, 6.07) is 2.11. The van der Waals surface area contributed by atoms with Gasteiger partial charge >= 0.3 is 0 Å². The fourth-order valence-corrected chi connectivity index (χ4v) is 4.21. The maximum Gasteiger partial charge on any atom is 0.134 e. The number of piperidine rings is 1. The Morgan fingerprint density at radius 1 is 0.923 bits per heavy atom. The highest BCUT2D eigenvalue weighted by Gasteiger charge is 2.31. The summed E-state index contributed by atoms with van der Waals surface area (Å²) in [5.74, 6) is 2.68. The zero-order chi connectivity index (χ0) is 17.5. The Labute approximate surface area is 153 Å². The normalized spacial score (nSPS) is 21.6. The summed E-state index contributed by atoms with van der Waals surface area (Å²) in [4.78, 5) is 13.6. The van der Waals surface area contributed by atoms with Crippen molar-refractivity contribution in [2.45, 2.75) is 50.5 Å². The Kier molecular flexibility index (Phi) is 4.04. The topological polar surface area (TPSA) is 81.2 Å². The molecule has 5 rings (SSSR count). The molecule has 0 amide bonds. The second-order valence-electron chi connectivity index (χ2n) is 7.78. The molecule has 0 radical (unpaired) electrons. The number of aliphatic hydroxyl groups is 1. The Hall–Kier alpha value is -2.15. The van der Waals surface area contributed by atoms with Gasteiger partial charge in [0.05, 0.1) is 11.8 Å². The van der Waals surface area contributed by atoms with E-state index in [0.717, 1.165) is 63.5 Å². The van der Waals surface area contributed by atoms with Crippen molar-refractivity contribution in [2.75, 3.05) is 36.0 Å². The third-order valence-corrected chi connectivity index (χ3v) is 5.96. The van der Waals surface area contributed by atoms with E-state index < -0.39 is 0 Å². The van der Waals surface area contributed by atoms with Crippen LogP contribution in [0.1, 0.15) is 48.6 Å². The van der Waals surface area contributed by atoms with Gasteiger partial charge < -0.3 is 14.9 Å². The summed E-state index contributed by atoms with van der Waals surface area (Å²) in [6.45, 7) is 3.65. The fraction of sp³-hybridized carbons (Fsp3) is 0.632. The first-order valence-electron chi connectivity index (χ1n) is 9.84. The van der Waals surface area contributed by atoms with Crippen molar-refractivity contribution in [3.05, 3.63) is 29.3 Å². The van der Waals surface area contributed by atoms with Crippen LogP contribution >= 0.6 is 0 Å². The van der Waals surface area contributed by atoms with Gasteiger partial charge in [-0.2, -0.15) is 5.10 Å². The minimum Gasteiger partial charge on any atom is -0.393 e. The number of H-pyrrole nitrogens is 1. The van der Waals surface area contributed by atoms with Crippen molar-refractivity contribution in [3.63, 3.8) is 0 Å². The molecule has 138 valence electrons. The van der Waals surface area contributed by atoms with E-state index in [2.05, 4.69) is 36.0 Å². The molecule has 1 saturated heterocycles. The van der Waals surface area contributed by atoms with Gasteiger partial charge in [0.25, 0.3) is 0 Å². The number of fused-ring (bicyclic) bond motifs is 1. The molecule has 2 aliphatic heterocycles. The predicted molar refractivity (Wildman–Crippen MR) is 99.7 cm³/mol. The minimum atomic E-state index is -0.165. The standard InChI is InChI=1S/C19H26N6O/c26-14-3-7-24(8-4-14)17-11-18(21-12-20-17)25-9-5-15-16(6-10-25)22-23-19(15)13-1-2-13/h11-14,26H,1-10H2,(H,22,23). The summed E-state index contributed by atoms with van der Waals surface area (Å²) >= 11 is 0. The number of anilines is 2. The molecular formula is C19H26N6O. The Bertz CT molecular complexity index is 778. The van der Waals surface area contributed by atoms with Crippen molar-refractivity contribution < 1.29 is 5.11 Å². The second kappa shape index (κ2) is 6.54. The largest absolute Gasteiger partial charge is 0.393 e. The van der Waals surface area contributed by atoms with E-state index in [1.165, 1.54) is 29.8 Å². The molecule has 0 unspecified atom stereocenters. The molecule has 7 nitrogen and oxygen atoms in total. The van der Waals surface area contributed by atoms with E-state index in [9.17, 15) is 5.11 Å². The first-order valence-corrected chi connectivity index (χ1v) is 9.84. The number of aromatic nitrogens is 4. The lowest BCUT2D eigenvalue weighted by Gasteiger charge is -2.31. The lowest BCUT2D eigenvalue weighted by molar-refractivity contribution is 0.145. The first-order chi connectivity index (χ1) is 12.8. The van der Waals surface area contributed by atoms with Crippen LogP contribution in [0.3, 0.4) is 0 Å². The predicted octanol–water partition coefficient (Wildman–Crippen LogP) is 1.64. The molecule has 2 fully saturated rings. The second-order valence-corrected chi connectivity index (χ2v) is 7.78. The average molecular weight is 354 g/mol. The highest BCUT2D eigenvalue weighted by atomic mass is 16.3. The molecule has 1 aliphatic carbocycles. The summed E-state index contributed by atoms with van der Waals surface area (Å²) in [7, 11) is 0. The first kappa shape index (κ1) is 16.1. The van der Waals surface area contributed by atoms with E-state index in [1.807, 2.05) is 0 Å². The molecule has 2 aromatic heterocycles. The lowest BCUT2D eigenvalue weighted by Crippen LogP contribution is -2.36. The van der Waals surface area contributed by atoms with Gasteiger partial charge in [-0.3, -0.25) is 5.10 Å². The van der Waals surface area contributed by atoms with Gasteiger partial charge in [0, 0.05) is 50.3 Å². The van der Waals surface area contributed by atoms with Crippen LogP contribution < -0.4 is 9.80 Å². The molecule has 0 aromatic carbocycles. The van der Waals surface area contributed by atoms with Crippen LogP contribution in [0.25, 0.3) is 0 Å². The van der Waals surface area contributed by atoms with E-state index in [-0.39, 0.29) is 6.10 Å². The van der Waals surface area contributed by atoms with Crippen molar-refractivity contribution in [1.29, 1.82) is 0 Å². The van der Waals surface area contributed by atoms with Gasteiger partial charge in [0.15, 0.2) is 0 Å². The number of aliphatic hydroxyl groups excluding tert-OH is 1. The van der Waals surface area contributed by atoms with E-state index in [4.69, 9.17) is 0 Å². The number of nitrogens with zero attached hydrogens (tertiary/aromatic N) is 5. The van der Waals surface area contributed by atoms with Gasteiger partial charge in [0.2, 0.25) is 0 Å². The molecule has 0 bridgehead atoms. The molecule has 2 N–H and O–H groups in total. The van der Waals surface area contributed by atoms with Crippen molar-refractivity contribution in [1.82, 2.24) is 20.2 Å². The average Bonchev–Trinajstić information content (AvgIpc) is 3.47. The number of hydrogen-bond donors (Lipinski definition) is 2. The van der Waals surface area contributed by atoms with E-state index in [0.29, 0.717) is 5.92 Å². The molecule has 7 heteroatoms. The summed E-state index contributed by atoms with van der Waals surface area (Å²) in [6.07, 6.45) is 7.75. The lowest BCUT2D eigenvalue weighted by atomic mass is 10.1. The molecular weight excluding hydrogens is 328 g/mol. The monoisotopic (exact) mass is 354 g/mol. The Morgan fingerprint density at radius 2 is 1.62 bits per heavy atom. The molecule has 3 aliphatic rings. The highest BCUT2D eigenvalue weighted by Crippen LogP contribution is 2.41. The zero-order valence-corrected chi connectivity index (χ0v) is 15.1. The van der Waals surface area contributed by atoms with Crippen LogP contribution in [-0.4, -0.2) is 57.6 Å². The maximum absolute atomic E-state index is 9.72. The van der Waals surface area contributed by atoms with Crippen LogP contribution in [-0.2, 0) is 12.8 Å². The van der Waals surface area contributed by atoms with Gasteiger partial charge in [-0.15, -0.1) is 0 Å². The van der Waals surface area contributed by atoms with Crippen LogP contribution in [0.2, 0.25) is 0 Å². The van der Waals surface area contributed by atoms with Crippen LogP contribution in [0, 0.1) is 0 Å². The fourth-order valence-electron chi connectivity index (χ4n) is 4.21. The quantitative estimate of drug-likeness (QED) is 0.872. The number of hydrogen-bond acceptors (Lipinski definition) is 6. The summed E-state index contributed by atoms with van der Waals surface area (Å²) in [5, 5.41) is 17.6. The Balaban J connectivity index is 1.32. The summed E-state index contributed by atoms with van der Waals surface area (Å²) in [5.41, 5.74) is 4.08. The maximum atomic E-state index is 9.72. The third kappa shape index (κ3) is 3.05. The SMILES string of the molecule is OC1CCN(c2cc(N3CCc4[nH]nc(C5CC5)c4CC3)ncn2)CC1. The van der Waals surface area contributed by atoms with Crippen molar-refractivity contribution in [3.8, 4) is 0 Å². The Morgan fingerprint density at radius 3 is 2.35 bits per heavy atom. The van der Waals surface area contributed by atoms with E-state index in [1.54, 1.807) is 6.33 Å². The highest BCUT2D eigenvalue weighted by molar-refractivity contribution is 5.51. The zero-order valence-electron chi connectivity index (χ0n) is 15.1. The smallest absolute Gasteiger partial charge is 0.134 e.